The molecule has 0 atom stereocenters. The van der Waals surface area contributed by atoms with Crippen LogP contribution in [-0.2, 0) is 0 Å². The molecule has 1 aromatic carbocycles. The molecule has 1 heterocycles. The van der Waals surface area contributed by atoms with Gasteiger partial charge in [-0.05, 0) is 34.1 Å². The molecule has 0 unspecified atom stereocenters. The molecule has 0 aliphatic heterocycles. The second kappa shape index (κ2) is 5.90. The van der Waals surface area contributed by atoms with Crippen molar-refractivity contribution in [1.82, 2.24) is 4.98 Å². The molecular formula is C13H8BrCl2NO2. The number of aromatic nitrogens is 1. The van der Waals surface area contributed by atoms with E-state index in [1.54, 1.807) is 24.3 Å². The maximum Gasteiger partial charge on any atom is 0.178 e. The van der Waals surface area contributed by atoms with Crippen LogP contribution in [0.15, 0.2) is 34.9 Å². The van der Waals surface area contributed by atoms with Crippen molar-refractivity contribution < 1.29 is 9.53 Å². The summed E-state index contributed by atoms with van der Waals surface area (Å²) in [4.78, 5) is 15.1. The number of hydrogen-bond donors (Lipinski definition) is 0. The Hall–Kier alpha value is -1.10. The van der Waals surface area contributed by atoms with Crippen molar-refractivity contribution in [1.29, 1.82) is 0 Å². The monoisotopic (exact) mass is 359 g/mol. The highest BCUT2D eigenvalue weighted by Crippen LogP contribution is 2.36. The van der Waals surface area contributed by atoms with E-state index >= 15 is 0 Å². The minimum absolute atomic E-state index is 0.101. The fourth-order valence-corrected chi connectivity index (χ4v) is 2.19. The number of carbonyl (C=O) groups is 1. The second-order valence-electron chi connectivity index (χ2n) is 3.73. The number of carbonyl (C=O) groups excluding carboxylic acids is 1. The number of benzene rings is 1. The van der Waals surface area contributed by atoms with Gasteiger partial charge in [0.05, 0.1) is 16.2 Å². The largest absolute Gasteiger partial charge is 0.454 e. The van der Waals surface area contributed by atoms with Gasteiger partial charge in [0, 0.05) is 17.5 Å². The summed E-state index contributed by atoms with van der Waals surface area (Å²) < 4.78 is 6.26. The van der Waals surface area contributed by atoms with Crippen molar-refractivity contribution in [3.8, 4) is 11.5 Å². The molecule has 98 valence electrons. The smallest absolute Gasteiger partial charge is 0.178 e. The highest BCUT2D eigenvalue weighted by atomic mass is 79.9. The Morgan fingerprint density at radius 3 is 2.58 bits per heavy atom. The van der Waals surface area contributed by atoms with Crippen LogP contribution in [-0.4, -0.2) is 10.8 Å². The molecule has 0 radical (unpaired) electrons. The molecule has 0 amide bonds. The van der Waals surface area contributed by atoms with Crippen LogP contribution in [0.5, 0.6) is 11.5 Å². The maximum atomic E-state index is 11.1. The number of ketones is 1. The number of nitrogens with zero attached hydrogens (tertiary/aromatic N) is 1. The zero-order valence-corrected chi connectivity index (χ0v) is 12.9. The molecule has 0 aliphatic rings. The average molecular weight is 361 g/mol. The van der Waals surface area contributed by atoms with Crippen LogP contribution < -0.4 is 4.74 Å². The molecule has 2 rings (SSSR count). The average Bonchev–Trinajstić information content (AvgIpc) is 2.36. The van der Waals surface area contributed by atoms with Crippen LogP contribution in [0, 0.1) is 0 Å². The van der Waals surface area contributed by atoms with Gasteiger partial charge in [0.1, 0.15) is 17.2 Å². The summed E-state index contributed by atoms with van der Waals surface area (Å²) in [6.07, 6.45) is 1.46. The van der Waals surface area contributed by atoms with E-state index in [1.165, 1.54) is 13.1 Å². The SMILES string of the molecule is CC(=O)c1ccc(Oc2cc(Cl)c(Br)cc2Cl)cn1. The zero-order chi connectivity index (χ0) is 14.0. The van der Waals surface area contributed by atoms with E-state index in [4.69, 9.17) is 27.9 Å². The number of rotatable bonds is 3. The minimum Gasteiger partial charge on any atom is -0.454 e. The number of halogens is 3. The van der Waals surface area contributed by atoms with Crippen molar-refractivity contribution in [3.05, 3.63) is 50.7 Å². The quantitative estimate of drug-likeness (QED) is 0.561. The lowest BCUT2D eigenvalue weighted by atomic mass is 10.3. The molecule has 0 fully saturated rings. The molecular weight excluding hydrogens is 353 g/mol. The molecule has 1 aromatic heterocycles. The van der Waals surface area contributed by atoms with Crippen molar-refractivity contribution in [3.63, 3.8) is 0 Å². The van der Waals surface area contributed by atoms with E-state index in [0.717, 1.165) is 0 Å². The van der Waals surface area contributed by atoms with Gasteiger partial charge >= 0.3 is 0 Å². The Morgan fingerprint density at radius 1 is 1.26 bits per heavy atom. The molecule has 3 nitrogen and oxygen atoms in total. The highest BCUT2D eigenvalue weighted by molar-refractivity contribution is 9.10. The third-order valence-electron chi connectivity index (χ3n) is 2.30. The van der Waals surface area contributed by atoms with Crippen LogP contribution in [0.2, 0.25) is 10.0 Å². The van der Waals surface area contributed by atoms with E-state index in [-0.39, 0.29) is 5.78 Å². The number of pyridine rings is 1. The van der Waals surface area contributed by atoms with Crippen LogP contribution in [0.1, 0.15) is 17.4 Å². The van der Waals surface area contributed by atoms with Gasteiger partial charge in [0.25, 0.3) is 0 Å². The summed E-state index contributed by atoms with van der Waals surface area (Å²) in [7, 11) is 0. The fourth-order valence-electron chi connectivity index (χ4n) is 1.36. The lowest BCUT2D eigenvalue weighted by Gasteiger charge is -2.08. The Morgan fingerprint density at radius 2 is 2.00 bits per heavy atom. The maximum absolute atomic E-state index is 11.1. The number of Topliss-reactive ketones (excluding diaryl/α,β-unsaturated/α-hetero) is 1. The highest BCUT2D eigenvalue weighted by Gasteiger charge is 2.08. The van der Waals surface area contributed by atoms with Gasteiger partial charge in [-0.3, -0.25) is 4.79 Å². The van der Waals surface area contributed by atoms with Gasteiger partial charge in [-0.2, -0.15) is 0 Å². The molecule has 0 aliphatic carbocycles. The van der Waals surface area contributed by atoms with Crippen molar-refractivity contribution in [2.24, 2.45) is 0 Å². The summed E-state index contributed by atoms with van der Waals surface area (Å²) in [5.41, 5.74) is 0.382. The summed E-state index contributed by atoms with van der Waals surface area (Å²) in [6.45, 7) is 1.45. The van der Waals surface area contributed by atoms with Crippen molar-refractivity contribution >= 4 is 44.9 Å². The summed E-state index contributed by atoms with van der Waals surface area (Å²) in [5.74, 6) is 0.800. The lowest BCUT2D eigenvalue weighted by molar-refractivity contribution is 0.101. The van der Waals surface area contributed by atoms with E-state index in [1.807, 2.05) is 0 Å². The molecule has 0 saturated carbocycles. The Kier molecular flexibility index (Phi) is 4.45. The first-order valence-electron chi connectivity index (χ1n) is 5.27. The third-order valence-corrected chi connectivity index (χ3v) is 3.79. The predicted molar refractivity (Wildman–Crippen MR) is 78.5 cm³/mol. The fraction of sp³-hybridized carbons (Fsp3) is 0.0769. The van der Waals surface area contributed by atoms with Crippen LogP contribution in [0.25, 0.3) is 0 Å². The van der Waals surface area contributed by atoms with Crippen molar-refractivity contribution in [2.45, 2.75) is 6.92 Å². The van der Waals surface area contributed by atoms with E-state index in [2.05, 4.69) is 20.9 Å². The van der Waals surface area contributed by atoms with Gasteiger partial charge in [0.2, 0.25) is 0 Å². The number of ether oxygens (including phenoxy) is 1. The lowest BCUT2D eigenvalue weighted by Crippen LogP contribution is -1.96. The Bertz CT molecular complexity index is 629. The topological polar surface area (TPSA) is 39.2 Å². The molecule has 0 saturated heterocycles. The zero-order valence-electron chi connectivity index (χ0n) is 9.78. The molecule has 0 bridgehead atoms. The van der Waals surface area contributed by atoms with E-state index in [9.17, 15) is 4.79 Å². The van der Waals surface area contributed by atoms with Gasteiger partial charge in [0.15, 0.2) is 5.78 Å². The van der Waals surface area contributed by atoms with Crippen LogP contribution in [0.3, 0.4) is 0 Å². The number of hydrogen-bond acceptors (Lipinski definition) is 3. The normalized spacial score (nSPS) is 10.3. The molecule has 0 spiro atoms. The van der Waals surface area contributed by atoms with Crippen molar-refractivity contribution in [2.75, 3.05) is 0 Å². The standard InChI is InChI=1S/C13H8BrCl2NO2/c1-7(18)12-3-2-8(6-17-12)19-13-5-10(15)9(14)4-11(13)16/h2-6H,1H3. The predicted octanol–water partition coefficient (Wildman–Crippen LogP) is 5.15. The van der Waals surface area contributed by atoms with Gasteiger partial charge in [-0.1, -0.05) is 23.2 Å². The molecule has 19 heavy (non-hydrogen) atoms. The van der Waals surface area contributed by atoms with E-state index in [0.29, 0.717) is 31.7 Å². The van der Waals surface area contributed by atoms with Gasteiger partial charge < -0.3 is 4.74 Å². The summed E-state index contributed by atoms with van der Waals surface area (Å²) >= 11 is 15.3. The van der Waals surface area contributed by atoms with E-state index < -0.39 is 0 Å². The molecule has 0 N–H and O–H groups in total. The van der Waals surface area contributed by atoms with Gasteiger partial charge in [-0.15, -0.1) is 0 Å². The van der Waals surface area contributed by atoms with Crippen LogP contribution >= 0.6 is 39.1 Å². The Balaban J connectivity index is 2.26. The Labute approximate surface area is 128 Å². The molecule has 2 aromatic rings. The van der Waals surface area contributed by atoms with Crippen LogP contribution in [0.4, 0.5) is 0 Å². The summed E-state index contributed by atoms with van der Waals surface area (Å²) in [6, 6.07) is 6.49. The second-order valence-corrected chi connectivity index (χ2v) is 5.40. The summed E-state index contributed by atoms with van der Waals surface area (Å²) in [5, 5.41) is 0.916. The first-order chi connectivity index (χ1) is 8.97. The minimum atomic E-state index is -0.101. The first-order valence-corrected chi connectivity index (χ1v) is 6.81. The third kappa shape index (κ3) is 3.47. The first kappa shape index (κ1) is 14.3. The molecule has 6 heteroatoms. The van der Waals surface area contributed by atoms with Gasteiger partial charge in [-0.25, -0.2) is 4.98 Å².